The molecule has 27 heavy (non-hydrogen) atoms. The van der Waals surface area contributed by atoms with Gasteiger partial charge in [0.15, 0.2) is 0 Å². The van der Waals surface area contributed by atoms with Crippen LogP contribution in [0.25, 0.3) is 0 Å². The van der Waals surface area contributed by atoms with Crippen LogP contribution in [-0.4, -0.2) is 0 Å². The van der Waals surface area contributed by atoms with Gasteiger partial charge in [0, 0.05) is 25.3 Å². The van der Waals surface area contributed by atoms with E-state index in [1.165, 1.54) is 26.0 Å². The Morgan fingerprint density at radius 3 is 1.52 bits per heavy atom. The van der Waals surface area contributed by atoms with Crippen molar-refractivity contribution in [2.45, 2.75) is 42.9 Å². The molecule has 0 saturated carbocycles. The third kappa shape index (κ3) is 3.87. The topological polar surface area (TPSA) is 0 Å². The van der Waals surface area contributed by atoms with E-state index >= 15 is 0 Å². The van der Waals surface area contributed by atoms with Crippen molar-refractivity contribution < 1.29 is 0 Å². The van der Waals surface area contributed by atoms with E-state index in [1.54, 1.807) is 0 Å². The Morgan fingerprint density at radius 1 is 0.778 bits per heavy atom. The first-order valence-corrected chi connectivity index (χ1v) is 11.6. The third-order valence-corrected chi connectivity index (χ3v) is 8.46. The summed E-state index contributed by atoms with van der Waals surface area (Å²) < 4.78 is 0. The molecule has 0 unspecified atom stereocenters. The second-order valence-corrected chi connectivity index (χ2v) is 10.9. The monoisotopic (exact) mass is 432 g/mol. The number of halogens is 2. The van der Waals surface area contributed by atoms with Gasteiger partial charge in [-0.05, 0) is 83.0 Å². The molecule has 0 atom stereocenters. The lowest BCUT2D eigenvalue weighted by Crippen LogP contribution is -2.29. The Balaban J connectivity index is 1.55. The van der Waals surface area contributed by atoms with Crippen LogP contribution in [-0.2, 0) is 0 Å². The van der Waals surface area contributed by atoms with E-state index in [2.05, 4.69) is 50.3 Å². The van der Waals surface area contributed by atoms with Gasteiger partial charge in [-0.2, -0.15) is 0 Å². The predicted octanol–water partition coefficient (Wildman–Crippen LogP) is 8.86. The van der Waals surface area contributed by atoms with Crippen molar-refractivity contribution >= 4 is 46.7 Å². The van der Waals surface area contributed by atoms with Gasteiger partial charge in [0.1, 0.15) is 0 Å². The van der Waals surface area contributed by atoms with Crippen molar-refractivity contribution in [3.8, 4) is 0 Å². The molecule has 2 aromatic rings. The molecule has 0 bridgehead atoms. The van der Waals surface area contributed by atoms with Crippen molar-refractivity contribution in [3.63, 3.8) is 0 Å². The summed E-state index contributed by atoms with van der Waals surface area (Å²) in [7, 11) is 0. The van der Waals surface area contributed by atoms with Gasteiger partial charge in [-0.25, -0.2) is 0 Å². The highest BCUT2D eigenvalue weighted by molar-refractivity contribution is 8.03. The van der Waals surface area contributed by atoms with Crippen LogP contribution in [0.4, 0.5) is 0 Å². The van der Waals surface area contributed by atoms with Crippen molar-refractivity contribution in [2.24, 2.45) is 10.8 Å². The zero-order valence-corrected chi connectivity index (χ0v) is 18.6. The Kier molecular flexibility index (Phi) is 5.46. The fourth-order valence-corrected chi connectivity index (χ4v) is 7.01. The molecule has 0 saturated heterocycles. The van der Waals surface area contributed by atoms with Gasteiger partial charge in [-0.1, -0.05) is 72.7 Å². The van der Waals surface area contributed by atoms with E-state index in [0.717, 1.165) is 22.9 Å². The van der Waals surface area contributed by atoms with E-state index in [4.69, 9.17) is 23.2 Å². The Hall–Kier alpha value is -0.800. The number of rotatable bonds is 5. The summed E-state index contributed by atoms with van der Waals surface area (Å²) in [6.45, 7) is 4.74. The van der Waals surface area contributed by atoms with Gasteiger partial charge in [0.25, 0.3) is 0 Å². The zero-order valence-electron chi connectivity index (χ0n) is 15.5. The Bertz CT molecular complexity index is 827. The van der Waals surface area contributed by atoms with Crippen molar-refractivity contribution in [2.75, 3.05) is 0 Å². The molecule has 0 heterocycles. The molecule has 0 aliphatic heterocycles. The Labute approximate surface area is 180 Å². The minimum Gasteiger partial charge on any atom is -0.0948 e. The highest BCUT2D eigenvalue weighted by Crippen LogP contribution is 2.65. The predicted molar refractivity (Wildman–Crippen MR) is 121 cm³/mol. The summed E-state index contributed by atoms with van der Waals surface area (Å²) in [6.07, 6.45) is 8.49. The van der Waals surface area contributed by atoms with Gasteiger partial charge in [-0.3, -0.25) is 0 Å². The summed E-state index contributed by atoms with van der Waals surface area (Å²) in [6, 6.07) is 16.3. The van der Waals surface area contributed by atoms with E-state index in [1.807, 2.05) is 47.8 Å². The molecule has 2 aliphatic carbocycles. The first kappa shape index (κ1) is 19.5. The lowest BCUT2D eigenvalue weighted by Gasteiger charge is -2.36. The minimum absolute atomic E-state index is 0.130. The van der Waals surface area contributed by atoms with Crippen molar-refractivity contribution in [1.82, 2.24) is 0 Å². The second-order valence-electron chi connectivity index (χ2n) is 7.60. The number of allylic oxidation sites excluding steroid dienone is 4. The molecule has 4 rings (SSSR count). The average Bonchev–Trinajstić information content (AvgIpc) is 3.04. The van der Waals surface area contributed by atoms with Crippen LogP contribution in [0.15, 0.2) is 80.3 Å². The maximum Gasteiger partial charge on any atom is 0.0406 e. The molecule has 0 amide bonds. The quantitative estimate of drug-likeness (QED) is 0.462. The Morgan fingerprint density at radius 2 is 1.19 bits per heavy atom. The molecule has 2 aromatic carbocycles. The summed E-state index contributed by atoms with van der Waals surface area (Å²) in [5.74, 6) is 0. The van der Waals surface area contributed by atoms with E-state index < -0.39 is 0 Å². The minimum atomic E-state index is 0.130. The van der Waals surface area contributed by atoms with Crippen LogP contribution in [0.2, 0.25) is 10.0 Å². The lowest BCUT2D eigenvalue weighted by atomic mass is 9.67. The molecule has 2 aliphatic rings. The van der Waals surface area contributed by atoms with E-state index in [-0.39, 0.29) is 5.41 Å². The zero-order chi connectivity index (χ0) is 19.1. The van der Waals surface area contributed by atoms with Crippen LogP contribution in [0.1, 0.15) is 33.1 Å². The molecule has 0 radical (unpaired) electrons. The average molecular weight is 433 g/mol. The molecular formula is C23H22Cl2S2. The summed E-state index contributed by atoms with van der Waals surface area (Å²) in [5.41, 5.74) is 0.432. The maximum atomic E-state index is 6.02. The van der Waals surface area contributed by atoms with Gasteiger partial charge in [0.05, 0.1) is 0 Å². The van der Waals surface area contributed by atoms with Crippen molar-refractivity contribution in [1.29, 1.82) is 0 Å². The number of benzene rings is 2. The summed E-state index contributed by atoms with van der Waals surface area (Å²) in [5, 5.41) is 1.58. The molecule has 0 spiro atoms. The number of fused-ring (bicyclic) bond motifs is 1. The molecule has 0 aromatic heterocycles. The fourth-order valence-electron chi connectivity index (χ4n) is 4.30. The summed E-state index contributed by atoms with van der Waals surface area (Å²) in [4.78, 5) is 5.49. The first-order chi connectivity index (χ1) is 12.9. The number of hydrogen-bond acceptors (Lipinski definition) is 2. The highest BCUT2D eigenvalue weighted by Gasteiger charge is 2.53. The molecule has 0 nitrogen and oxygen atoms in total. The molecule has 0 fully saturated rings. The third-order valence-electron chi connectivity index (χ3n) is 5.89. The smallest absolute Gasteiger partial charge is 0.0406 e. The number of hydrogen-bond donors (Lipinski definition) is 0. The molecular weight excluding hydrogens is 411 g/mol. The highest BCUT2D eigenvalue weighted by atomic mass is 35.5. The van der Waals surface area contributed by atoms with E-state index in [0.29, 0.717) is 5.41 Å². The summed E-state index contributed by atoms with van der Waals surface area (Å²) >= 11 is 15.8. The normalized spacial score (nSPS) is 26.7. The molecule has 140 valence electrons. The molecule has 4 heteroatoms. The van der Waals surface area contributed by atoms with Crippen molar-refractivity contribution in [3.05, 3.63) is 80.5 Å². The van der Waals surface area contributed by atoms with Crippen LogP contribution >= 0.6 is 46.7 Å². The lowest BCUT2D eigenvalue weighted by molar-refractivity contribution is 0.179. The second kappa shape index (κ2) is 7.55. The van der Waals surface area contributed by atoms with Gasteiger partial charge < -0.3 is 0 Å². The SMILES string of the molecule is CCC12CC(Sc3ccc(Cl)cc3)=CC1(C)C=C(Sc1ccc(Cl)cc1)C2. The van der Waals surface area contributed by atoms with Gasteiger partial charge in [-0.15, -0.1) is 0 Å². The van der Waals surface area contributed by atoms with Crippen LogP contribution in [0, 0.1) is 10.8 Å². The fraction of sp³-hybridized carbons (Fsp3) is 0.304. The van der Waals surface area contributed by atoms with Gasteiger partial charge >= 0.3 is 0 Å². The van der Waals surface area contributed by atoms with Crippen LogP contribution in [0.5, 0.6) is 0 Å². The van der Waals surface area contributed by atoms with Crippen LogP contribution < -0.4 is 0 Å². The number of thioether (sulfide) groups is 2. The first-order valence-electron chi connectivity index (χ1n) is 9.22. The van der Waals surface area contributed by atoms with E-state index in [9.17, 15) is 0 Å². The standard InChI is InChI=1S/C23H22Cl2S2/c1-3-23-14-20(26-18-8-4-16(24)5-9-18)12-22(23,2)13-21(15-23)27-19-10-6-17(25)7-11-19/h4-13H,3,14-15H2,1-2H3. The van der Waals surface area contributed by atoms with Crippen LogP contribution in [0.3, 0.4) is 0 Å². The largest absolute Gasteiger partial charge is 0.0948 e. The van der Waals surface area contributed by atoms with Gasteiger partial charge in [0.2, 0.25) is 0 Å². The maximum absolute atomic E-state index is 6.02. The molecule has 0 N–H and O–H groups in total.